The average Bonchev–Trinajstić information content (AvgIpc) is 3.39. The number of carbonyl (C=O) groups excluding carboxylic acids is 2. The number of carbonyl (C=O) groups is 2. The molecule has 2 aromatic rings. The molecule has 1 amide bonds. The van der Waals surface area contributed by atoms with E-state index in [0.29, 0.717) is 37.4 Å². The molecule has 2 aliphatic heterocycles. The number of halogens is 1. The molecular weight excluding hydrogens is 419 g/mol. The zero-order valence-electron chi connectivity index (χ0n) is 19.5. The van der Waals surface area contributed by atoms with Crippen molar-refractivity contribution < 1.29 is 18.7 Å². The van der Waals surface area contributed by atoms with Gasteiger partial charge in [0.2, 0.25) is 5.91 Å². The van der Waals surface area contributed by atoms with Crippen LogP contribution in [-0.4, -0.2) is 67.9 Å². The van der Waals surface area contributed by atoms with Gasteiger partial charge in [0, 0.05) is 57.2 Å². The molecule has 176 valence electrons. The Balaban J connectivity index is 1.79. The Morgan fingerprint density at radius 3 is 2.39 bits per heavy atom. The number of piperidine rings is 1. The highest BCUT2D eigenvalue weighted by molar-refractivity contribution is 5.99. The van der Waals surface area contributed by atoms with Gasteiger partial charge in [-0.05, 0) is 37.0 Å². The van der Waals surface area contributed by atoms with E-state index in [1.165, 1.54) is 6.07 Å². The van der Waals surface area contributed by atoms with Crippen LogP contribution in [0.1, 0.15) is 40.2 Å². The first-order chi connectivity index (χ1) is 16.0. The highest BCUT2D eigenvalue weighted by Crippen LogP contribution is 2.42. The minimum absolute atomic E-state index is 0.00519. The molecule has 2 aliphatic rings. The molecule has 0 aromatic heterocycles. The summed E-state index contributed by atoms with van der Waals surface area (Å²) in [6.07, 6.45) is 2.00. The molecule has 0 saturated carbocycles. The number of hydrogen-bond acceptors (Lipinski definition) is 4. The van der Waals surface area contributed by atoms with Gasteiger partial charge in [0.25, 0.3) is 0 Å². The molecule has 2 aromatic carbocycles. The molecule has 0 bridgehead atoms. The maximum Gasteiger partial charge on any atom is 0.227 e. The molecule has 3 atom stereocenters. The zero-order valence-corrected chi connectivity index (χ0v) is 19.5. The van der Waals surface area contributed by atoms with E-state index < -0.39 is 11.8 Å². The van der Waals surface area contributed by atoms with Crippen molar-refractivity contribution in [2.75, 3.05) is 46.4 Å². The van der Waals surface area contributed by atoms with Crippen molar-refractivity contribution in [3.05, 3.63) is 71.0 Å². The number of amides is 1. The third-order valence-electron chi connectivity index (χ3n) is 7.19. The number of ether oxygens (including phenoxy) is 1. The first-order valence-electron chi connectivity index (χ1n) is 11.9. The maximum atomic E-state index is 14.7. The monoisotopic (exact) mass is 452 g/mol. The highest BCUT2D eigenvalue weighted by Gasteiger charge is 2.46. The van der Waals surface area contributed by atoms with Gasteiger partial charge in [0.05, 0.1) is 12.5 Å². The van der Waals surface area contributed by atoms with E-state index >= 15 is 0 Å². The lowest BCUT2D eigenvalue weighted by atomic mass is 9.69. The van der Waals surface area contributed by atoms with Crippen molar-refractivity contribution in [1.82, 2.24) is 9.80 Å². The van der Waals surface area contributed by atoms with Crippen LogP contribution < -0.4 is 0 Å². The van der Waals surface area contributed by atoms with Crippen LogP contribution in [0.25, 0.3) is 0 Å². The van der Waals surface area contributed by atoms with E-state index in [1.54, 1.807) is 20.1 Å². The Bertz CT molecular complexity index is 975. The zero-order chi connectivity index (χ0) is 23.4. The van der Waals surface area contributed by atoms with Gasteiger partial charge in [-0.1, -0.05) is 42.5 Å². The van der Waals surface area contributed by atoms with Crippen LogP contribution in [0, 0.1) is 24.6 Å². The molecule has 2 heterocycles. The first kappa shape index (κ1) is 23.6. The van der Waals surface area contributed by atoms with E-state index in [4.69, 9.17) is 4.74 Å². The van der Waals surface area contributed by atoms with Crippen LogP contribution in [0.2, 0.25) is 0 Å². The number of ketones is 1. The van der Waals surface area contributed by atoms with Gasteiger partial charge < -0.3 is 9.64 Å². The molecule has 2 saturated heterocycles. The molecular formula is C27H33FN2O3. The van der Waals surface area contributed by atoms with Crippen molar-refractivity contribution in [3.63, 3.8) is 0 Å². The van der Waals surface area contributed by atoms with Gasteiger partial charge in [-0.15, -0.1) is 0 Å². The number of Topliss-reactive ketones (excluding diaryl/α,β-unsaturated/α-hetero) is 1. The van der Waals surface area contributed by atoms with Gasteiger partial charge in [0.1, 0.15) is 5.82 Å². The van der Waals surface area contributed by atoms with E-state index in [-0.39, 0.29) is 23.4 Å². The van der Waals surface area contributed by atoms with Crippen LogP contribution in [0.4, 0.5) is 4.39 Å². The minimum atomic E-state index is -0.449. The summed E-state index contributed by atoms with van der Waals surface area (Å²) in [4.78, 5) is 31.7. The van der Waals surface area contributed by atoms with Crippen LogP contribution in [-0.2, 0) is 9.53 Å². The third-order valence-corrected chi connectivity index (χ3v) is 7.19. The second-order valence-corrected chi connectivity index (χ2v) is 9.21. The molecule has 0 aliphatic carbocycles. The number of nitrogens with zero attached hydrogens (tertiary/aromatic N) is 2. The van der Waals surface area contributed by atoms with Crippen molar-refractivity contribution in [2.24, 2.45) is 11.8 Å². The van der Waals surface area contributed by atoms with Crippen LogP contribution in [0.15, 0.2) is 48.5 Å². The third kappa shape index (κ3) is 5.02. The van der Waals surface area contributed by atoms with Crippen molar-refractivity contribution >= 4 is 11.7 Å². The van der Waals surface area contributed by atoms with Crippen molar-refractivity contribution in [2.45, 2.75) is 25.7 Å². The van der Waals surface area contributed by atoms with E-state index in [2.05, 4.69) is 4.90 Å². The van der Waals surface area contributed by atoms with Gasteiger partial charge in [0.15, 0.2) is 5.78 Å². The van der Waals surface area contributed by atoms with Crippen molar-refractivity contribution in [3.8, 4) is 0 Å². The van der Waals surface area contributed by atoms with E-state index in [1.807, 2.05) is 41.3 Å². The predicted octanol–water partition coefficient (Wildman–Crippen LogP) is 3.92. The summed E-state index contributed by atoms with van der Waals surface area (Å²) < 4.78 is 19.9. The van der Waals surface area contributed by atoms with Gasteiger partial charge in [-0.2, -0.15) is 0 Å². The Morgan fingerprint density at radius 1 is 1.00 bits per heavy atom. The minimum Gasteiger partial charge on any atom is -0.383 e. The maximum absolute atomic E-state index is 14.7. The second-order valence-electron chi connectivity index (χ2n) is 9.21. The molecule has 6 heteroatoms. The van der Waals surface area contributed by atoms with Crippen LogP contribution in [0.3, 0.4) is 0 Å². The highest BCUT2D eigenvalue weighted by atomic mass is 19.1. The molecule has 33 heavy (non-hydrogen) atoms. The quantitative estimate of drug-likeness (QED) is 0.598. The standard InChI is InChI=1S/C27H33FN2O3/c1-19-21(11-8-12-24(19)28)25-22(26(31)20-9-4-3-5-10-20)17-29(15-16-33-2)18-23(25)27(32)30-13-6-7-14-30/h3-5,8-12,22-23,25H,6-7,13-18H2,1-2H3/t22-,23-,25-/m0/s1. The molecule has 0 spiro atoms. The Labute approximate surface area is 195 Å². The lowest BCUT2D eigenvalue weighted by Gasteiger charge is -2.44. The van der Waals surface area contributed by atoms with Crippen molar-refractivity contribution in [1.29, 1.82) is 0 Å². The largest absolute Gasteiger partial charge is 0.383 e. The number of rotatable bonds is 7. The molecule has 2 fully saturated rings. The fraction of sp³-hybridized carbons (Fsp3) is 0.481. The molecule has 5 nitrogen and oxygen atoms in total. The summed E-state index contributed by atoms with van der Waals surface area (Å²) in [7, 11) is 1.66. The fourth-order valence-electron chi connectivity index (χ4n) is 5.43. The van der Waals surface area contributed by atoms with Gasteiger partial charge >= 0.3 is 0 Å². The molecule has 0 N–H and O–H groups in total. The van der Waals surface area contributed by atoms with E-state index in [0.717, 1.165) is 31.5 Å². The number of benzene rings is 2. The second kappa shape index (κ2) is 10.6. The van der Waals surface area contributed by atoms with Gasteiger partial charge in [-0.25, -0.2) is 4.39 Å². The predicted molar refractivity (Wildman–Crippen MR) is 126 cm³/mol. The Morgan fingerprint density at radius 2 is 1.70 bits per heavy atom. The first-order valence-corrected chi connectivity index (χ1v) is 11.9. The summed E-state index contributed by atoms with van der Waals surface area (Å²) in [5.74, 6) is -1.45. The number of likely N-dealkylation sites (tertiary alicyclic amines) is 2. The summed E-state index contributed by atoms with van der Waals surface area (Å²) in [5.41, 5.74) is 1.92. The lowest BCUT2D eigenvalue weighted by Crippen LogP contribution is -2.53. The average molecular weight is 453 g/mol. The van der Waals surface area contributed by atoms with Crippen LogP contribution >= 0.6 is 0 Å². The smallest absolute Gasteiger partial charge is 0.227 e. The van der Waals surface area contributed by atoms with Crippen LogP contribution in [0.5, 0.6) is 0 Å². The summed E-state index contributed by atoms with van der Waals surface area (Å²) in [6, 6.07) is 14.3. The molecule has 0 radical (unpaired) electrons. The number of methoxy groups -OCH3 is 1. The number of hydrogen-bond donors (Lipinski definition) is 0. The molecule has 0 unspecified atom stereocenters. The summed E-state index contributed by atoms with van der Waals surface area (Å²) in [6.45, 7) is 5.48. The molecule has 4 rings (SSSR count). The normalized spacial score (nSPS) is 23.6. The fourth-order valence-corrected chi connectivity index (χ4v) is 5.43. The summed E-state index contributed by atoms with van der Waals surface area (Å²) >= 11 is 0. The summed E-state index contributed by atoms with van der Waals surface area (Å²) in [5, 5.41) is 0. The Hall–Kier alpha value is -2.57. The topological polar surface area (TPSA) is 49.9 Å². The SMILES string of the molecule is COCCN1C[C@H](C(=O)c2ccccc2)[C@H](c2cccc(F)c2C)[C@@H](C(=O)N2CCCC2)C1. The van der Waals surface area contributed by atoms with Gasteiger partial charge in [-0.3, -0.25) is 14.5 Å². The lowest BCUT2D eigenvalue weighted by molar-refractivity contribution is -0.137. The van der Waals surface area contributed by atoms with E-state index in [9.17, 15) is 14.0 Å². The Kier molecular flexibility index (Phi) is 7.56.